The maximum Gasteiger partial charge on any atom is 0.237 e. The van der Waals surface area contributed by atoms with Gasteiger partial charge in [0.15, 0.2) is 0 Å². The Labute approximate surface area is 160 Å². The predicted molar refractivity (Wildman–Crippen MR) is 105 cm³/mol. The van der Waals surface area contributed by atoms with Gasteiger partial charge in [-0.3, -0.25) is 19.4 Å². The monoisotopic (exact) mass is 362 g/mol. The van der Waals surface area contributed by atoms with Crippen molar-refractivity contribution in [2.45, 2.75) is 38.1 Å². The normalized spacial score (nSPS) is 19.0. The van der Waals surface area contributed by atoms with Gasteiger partial charge in [0, 0.05) is 6.42 Å². The van der Waals surface area contributed by atoms with Gasteiger partial charge in [-0.05, 0) is 31.0 Å². The van der Waals surface area contributed by atoms with Crippen LogP contribution >= 0.6 is 0 Å². The molecule has 0 unspecified atom stereocenters. The third-order valence-corrected chi connectivity index (χ3v) is 6.09. The molecule has 2 amide bonds. The number of carbonyl (C=O) groups is 2. The SMILES string of the molecule is CN(CN1C(=O)CC2(CCCC2)C1=O)C(c1ccccc1)c1ccccc1. The van der Waals surface area contributed by atoms with Crippen molar-refractivity contribution in [3.63, 3.8) is 0 Å². The topological polar surface area (TPSA) is 40.6 Å². The molecule has 27 heavy (non-hydrogen) atoms. The second-order valence-electron chi connectivity index (χ2n) is 7.91. The smallest absolute Gasteiger partial charge is 0.237 e. The van der Waals surface area contributed by atoms with Gasteiger partial charge >= 0.3 is 0 Å². The number of benzene rings is 2. The first-order valence-corrected chi connectivity index (χ1v) is 9.76. The molecule has 1 heterocycles. The second kappa shape index (κ2) is 7.28. The Morgan fingerprint density at radius 1 is 0.926 bits per heavy atom. The minimum atomic E-state index is -0.410. The zero-order valence-corrected chi connectivity index (χ0v) is 15.8. The summed E-state index contributed by atoms with van der Waals surface area (Å²) in [5.41, 5.74) is 1.90. The van der Waals surface area contributed by atoms with Crippen LogP contribution in [0.3, 0.4) is 0 Å². The molecule has 2 aromatic rings. The van der Waals surface area contributed by atoms with E-state index >= 15 is 0 Å². The Bertz CT molecular complexity index is 773. The van der Waals surface area contributed by atoms with Crippen molar-refractivity contribution in [1.82, 2.24) is 9.80 Å². The van der Waals surface area contributed by atoms with Gasteiger partial charge in [0.2, 0.25) is 11.8 Å². The van der Waals surface area contributed by atoms with Crippen LogP contribution in [0, 0.1) is 5.41 Å². The van der Waals surface area contributed by atoms with E-state index < -0.39 is 5.41 Å². The summed E-state index contributed by atoms with van der Waals surface area (Å²) in [5, 5.41) is 0. The van der Waals surface area contributed by atoms with Crippen molar-refractivity contribution < 1.29 is 9.59 Å². The molecule has 1 aliphatic heterocycles. The van der Waals surface area contributed by atoms with Gasteiger partial charge < -0.3 is 0 Å². The lowest BCUT2D eigenvalue weighted by molar-refractivity contribution is -0.143. The molecule has 1 aliphatic carbocycles. The van der Waals surface area contributed by atoms with E-state index in [1.165, 1.54) is 4.90 Å². The lowest BCUT2D eigenvalue weighted by atomic mass is 9.85. The Kier molecular flexibility index (Phi) is 4.83. The fourth-order valence-electron chi connectivity index (χ4n) is 4.72. The molecule has 2 aliphatic rings. The Hall–Kier alpha value is -2.46. The van der Waals surface area contributed by atoms with E-state index in [4.69, 9.17) is 0 Å². The van der Waals surface area contributed by atoms with Crippen molar-refractivity contribution in [3.05, 3.63) is 71.8 Å². The van der Waals surface area contributed by atoms with Crippen molar-refractivity contribution >= 4 is 11.8 Å². The van der Waals surface area contributed by atoms with E-state index in [-0.39, 0.29) is 17.9 Å². The van der Waals surface area contributed by atoms with Crippen LogP contribution in [0.15, 0.2) is 60.7 Å². The molecule has 1 spiro atoms. The van der Waals surface area contributed by atoms with Crippen LogP contribution in [-0.2, 0) is 9.59 Å². The molecule has 4 nitrogen and oxygen atoms in total. The zero-order valence-electron chi connectivity index (χ0n) is 15.8. The Balaban J connectivity index is 1.60. The highest BCUT2D eigenvalue weighted by Crippen LogP contribution is 2.47. The number of hydrogen-bond donors (Lipinski definition) is 0. The summed E-state index contributed by atoms with van der Waals surface area (Å²) in [6, 6.07) is 20.5. The van der Waals surface area contributed by atoms with Gasteiger partial charge in [0.05, 0.1) is 18.1 Å². The number of imide groups is 1. The van der Waals surface area contributed by atoms with E-state index in [0.717, 1.165) is 36.8 Å². The fourth-order valence-corrected chi connectivity index (χ4v) is 4.72. The van der Waals surface area contributed by atoms with Gasteiger partial charge in [-0.15, -0.1) is 0 Å². The lowest BCUT2D eigenvalue weighted by Gasteiger charge is -2.32. The molecule has 140 valence electrons. The number of likely N-dealkylation sites (tertiary alicyclic amines) is 1. The van der Waals surface area contributed by atoms with Gasteiger partial charge in [0.25, 0.3) is 0 Å². The standard InChI is InChI=1S/C23H26N2O2/c1-24(17-25-20(26)16-23(22(25)27)14-8-9-15-23)21(18-10-4-2-5-11-18)19-12-6-3-7-13-19/h2-7,10-13,21H,8-9,14-17H2,1H3. The second-order valence-corrected chi connectivity index (χ2v) is 7.91. The highest BCUT2D eigenvalue weighted by atomic mass is 16.2. The van der Waals surface area contributed by atoms with Gasteiger partial charge in [-0.2, -0.15) is 0 Å². The maximum absolute atomic E-state index is 13.0. The van der Waals surface area contributed by atoms with Crippen molar-refractivity contribution in [3.8, 4) is 0 Å². The molecular formula is C23H26N2O2. The van der Waals surface area contributed by atoms with E-state index in [1.807, 2.05) is 43.4 Å². The zero-order chi connectivity index (χ0) is 18.9. The number of amides is 2. The largest absolute Gasteiger partial charge is 0.277 e. The third kappa shape index (κ3) is 3.30. The van der Waals surface area contributed by atoms with Crippen LogP contribution in [0.1, 0.15) is 49.3 Å². The molecule has 2 fully saturated rings. The summed E-state index contributed by atoms with van der Waals surface area (Å²) in [4.78, 5) is 29.3. The van der Waals surface area contributed by atoms with E-state index in [2.05, 4.69) is 29.2 Å². The van der Waals surface area contributed by atoms with E-state index in [1.54, 1.807) is 0 Å². The van der Waals surface area contributed by atoms with Gasteiger partial charge in [-0.25, -0.2) is 0 Å². The molecule has 0 atom stereocenters. The Morgan fingerprint density at radius 3 is 1.96 bits per heavy atom. The Morgan fingerprint density at radius 2 is 1.44 bits per heavy atom. The van der Waals surface area contributed by atoms with Gasteiger partial charge in [-0.1, -0.05) is 73.5 Å². The van der Waals surface area contributed by atoms with Crippen LogP contribution in [0.25, 0.3) is 0 Å². The summed E-state index contributed by atoms with van der Waals surface area (Å²) >= 11 is 0. The van der Waals surface area contributed by atoms with Crippen LogP contribution < -0.4 is 0 Å². The first-order valence-electron chi connectivity index (χ1n) is 9.76. The predicted octanol–water partition coefficient (Wildman–Crippen LogP) is 3.98. The molecular weight excluding hydrogens is 336 g/mol. The summed E-state index contributed by atoms with van der Waals surface area (Å²) in [5.74, 6) is 0.0188. The first kappa shape index (κ1) is 17.9. The summed E-state index contributed by atoms with van der Waals surface area (Å²) in [6.45, 7) is 0.327. The van der Waals surface area contributed by atoms with Crippen LogP contribution in [0.4, 0.5) is 0 Å². The van der Waals surface area contributed by atoms with Crippen LogP contribution in [0.5, 0.6) is 0 Å². The quantitative estimate of drug-likeness (QED) is 0.755. The fraction of sp³-hybridized carbons (Fsp3) is 0.391. The molecule has 0 aromatic heterocycles. The minimum absolute atomic E-state index is 0.00636. The van der Waals surface area contributed by atoms with Crippen molar-refractivity contribution in [2.24, 2.45) is 5.41 Å². The number of nitrogens with zero attached hydrogens (tertiary/aromatic N) is 2. The van der Waals surface area contributed by atoms with Crippen LogP contribution in [-0.4, -0.2) is 35.3 Å². The third-order valence-electron chi connectivity index (χ3n) is 6.09. The summed E-state index contributed by atoms with van der Waals surface area (Å²) < 4.78 is 0. The lowest BCUT2D eigenvalue weighted by Crippen LogP contribution is -2.43. The average molecular weight is 362 g/mol. The first-order chi connectivity index (χ1) is 13.1. The molecule has 4 heteroatoms. The number of rotatable bonds is 5. The van der Waals surface area contributed by atoms with Crippen molar-refractivity contribution in [1.29, 1.82) is 0 Å². The molecule has 0 radical (unpaired) electrons. The average Bonchev–Trinajstić information content (AvgIpc) is 3.25. The van der Waals surface area contributed by atoms with Crippen LogP contribution in [0.2, 0.25) is 0 Å². The molecule has 1 saturated heterocycles. The van der Waals surface area contributed by atoms with E-state index in [9.17, 15) is 9.59 Å². The maximum atomic E-state index is 13.0. The molecule has 1 saturated carbocycles. The molecule has 0 N–H and O–H groups in total. The molecule has 0 bridgehead atoms. The van der Waals surface area contributed by atoms with Gasteiger partial charge in [0.1, 0.15) is 0 Å². The minimum Gasteiger partial charge on any atom is -0.277 e. The van der Waals surface area contributed by atoms with Crippen molar-refractivity contribution in [2.75, 3.05) is 13.7 Å². The highest BCUT2D eigenvalue weighted by Gasteiger charge is 2.52. The summed E-state index contributed by atoms with van der Waals surface area (Å²) in [6.07, 6.45) is 4.22. The number of hydrogen-bond acceptors (Lipinski definition) is 3. The molecule has 2 aromatic carbocycles. The summed E-state index contributed by atoms with van der Waals surface area (Å²) in [7, 11) is 1.99. The highest BCUT2D eigenvalue weighted by molar-refractivity contribution is 6.06. The molecule has 4 rings (SSSR count). The number of carbonyl (C=O) groups excluding carboxylic acids is 2. The van der Waals surface area contributed by atoms with E-state index in [0.29, 0.717) is 13.1 Å².